The van der Waals surface area contributed by atoms with Crippen LogP contribution in [0.1, 0.15) is 37.3 Å². The minimum Gasteiger partial charge on any atom is -0.333 e. The Balaban J connectivity index is 1.56. The van der Waals surface area contributed by atoms with Gasteiger partial charge in [-0.25, -0.2) is 0 Å². The number of nitrogens with one attached hydrogen (secondary N) is 2. The van der Waals surface area contributed by atoms with Gasteiger partial charge in [0.1, 0.15) is 0 Å². The molecule has 6 heteroatoms. The highest BCUT2D eigenvalue weighted by atomic mass is 16.2. The third-order valence-electron chi connectivity index (χ3n) is 5.42. The molecule has 2 aromatic carbocycles. The summed E-state index contributed by atoms with van der Waals surface area (Å²) in [6.07, 6.45) is 2.12. The van der Waals surface area contributed by atoms with Crippen LogP contribution >= 0.6 is 0 Å². The number of carbonyl (C=O) groups is 3. The van der Waals surface area contributed by atoms with E-state index in [4.69, 9.17) is 0 Å². The van der Waals surface area contributed by atoms with E-state index in [1.165, 1.54) is 0 Å². The average molecular weight is 408 g/mol. The molecule has 0 fully saturated rings. The Morgan fingerprint density at radius 2 is 1.87 bits per heavy atom. The van der Waals surface area contributed by atoms with Crippen LogP contribution in [0.4, 0.5) is 11.4 Å². The molecule has 2 N–H and O–H groups in total. The first kappa shape index (κ1) is 21.6. The predicted molar refractivity (Wildman–Crippen MR) is 118 cm³/mol. The lowest BCUT2D eigenvalue weighted by molar-refractivity contribution is -0.135. The van der Waals surface area contributed by atoms with Crippen molar-refractivity contribution in [2.75, 3.05) is 23.7 Å². The fourth-order valence-corrected chi connectivity index (χ4v) is 3.74. The Kier molecular flexibility index (Phi) is 7.22. The molecule has 1 unspecified atom stereocenters. The summed E-state index contributed by atoms with van der Waals surface area (Å²) < 4.78 is 0. The summed E-state index contributed by atoms with van der Waals surface area (Å²) in [5.74, 6) is -0.576. The van der Waals surface area contributed by atoms with Crippen LogP contribution in [0.5, 0.6) is 0 Å². The highest BCUT2D eigenvalue weighted by Gasteiger charge is 2.27. The second kappa shape index (κ2) is 10.1. The number of nitrogens with zero attached hydrogens (tertiary/aromatic N) is 1. The summed E-state index contributed by atoms with van der Waals surface area (Å²) >= 11 is 0. The van der Waals surface area contributed by atoms with Crippen LogP contribution < -0.4 is 10.6 Å². The minimum absolute atomic E-state index is 0.0146. The number of carbonyl (C=O) groups excluding carboxylic acids is 3. The number of aryl methyl sites for hydroxylation is 1. The van der Waals surface area contributed by atoms with Gasteiger partial charge in [0.25, 0.3) is 0 Å². The summed E-state index contributed by atoms with van der Waals surface area (Å²) in [4.78, 5) is 39.2. The van der Waals surface area contributed by atoms with Gasteiger partial charge in [-0.1, -0.05) is 43.3 Å². The van der Waals surface area contributed by atoms with Crippen molar-refractivity contribution in [1.82, 2.24) is 4.90 Å². The Labute approximate surface area is 177 Å². The Hall–Kier alpha value is -3.15. The maximum absolute atomic E-state index is 12.8. The standard InChI is InChI=1S/C24H29N3O3/c1-3-14-27(16-22(28)25-20-10-6-4-8-17(20)2)23(29)13-12-19-15-18-9-5-7-11-21(18)26-24(19)30/h4-11,19H,3,12-16H2,1-2H3,(H,25,28)(H,26,30). The summed E-state index contributed by atoms with van der Waals surface area (Å²) in [5.41, 5.74) is 3.68. The molecule has 158 valence electrons. The Morgan fingerprint density at radius 3 is 2.63 bits per heavy atom. The SMILES string of the molecule is CCCN(CC(=O)Nc1ccccc1C)C(=O)CCC1Cc2ccccc2NC1=O. The molecule has 0 saturated carbocycles. The summed E-state index contributed by atoms with van der Waals surface area (Å²) in [6.45, 7) is 4.43. The van der Waals surface area contributed by atoms with Crippen molar-refractivity contribution in [3.63, 3.8) is 0 Å². The zero-order valence-electron chi connectivity index (χ0n) is 17.6. The van der Waals surface area contributed by atoms with Crippen molar-refractivity contribution < 1.29 is 14.4 Å². The highest BCUT2D eigenvalue weighted by molar-refractivity contribution is 5.97. The summed E-state index contributed by atoms with van der Waals surface area (Å²) in [6, 6.07) is 15.3. The lowest BCUT2D eigenvalue weighted by Crippen LogP contribution is -2.39. The second-order valence-electron chi connectivity index (χ2n) is 7.76. The number of para-hydroxylation sites is 2. The van der Waals surface area contributed by atoms with E-state index in [0.29, 0.717) is 19.4 Å². The molecule has 0 spiro atoms. The maximum atomic E-state index is 12.8. The maximum Gasteiger partial charge on any atom is 0.244 e. The first-order valence-electron chi connectivity index (χ1n) is 10.5. The minimum atomic E-state index is -0.229. The van der Waals surface area contributed by atoms with Gasteiger partial charge in [0.05, 0.1) is 6.54 Å². The fourth-order valence-electron chi connectivity index (χ4n) is 3.74. The van der Waals surface area contributed by atoms with Crippen molar-refractivity contribution in [3.05, 3.63) is 59.7 Å². The van der Waals surface area contributed by atoms with E-state index in [0.717, 1.165) is 28.9 Å². The van der Waals surface area contributed by atoms with Crippen LogP contribution in [0.3, 0.4) is 0 Å². The monoisotopic (exact) mass is 407 g/mol. The van der Waals surface area contributed by atoms with E-state index in [1.54, 1.807) is 4.90 Å². The van der Waals surface area contributed by atoms with Gasteiger partial charge in [-0.3, -0.25) is 14.4 Å². The largest absolute Gasteiger partial charge is 0.333 e. The van der Waals surface area contributed by atoms with Gasteiger partial charge in [-0.2, -0.15) is 0 Å². The number of hydrogen-bond acceptors (Lipinski definition) is 3. The number of anilines is 2. The van der Waals surface area contributed by atoms with Crippen molar-refractivity contribution in [3.8, 4) is 0 Å². The van der Waals surface area contributed by atoms with Gasteiger partial charge in [-0.05, 0) is 49.4 Å². The van der Waals surface area contributed by atoms with E-state index in [1.807, 2.05) is 62.4 Å². The van der Waals surface area contributed by atoms with Crippen molar-refractivity contribution in [2.45, 2.75) is 39.5 Å². The summed E-state index contributed by atoms with van der Waals surface area (Å²) in [7, 11) is 0. The third-order valence-corrected chi connectivity index (χ3v) is 5.42. The smallest absolute Gasteiger partial charge is 0.244 e. The predicted octanol–water partition coefficient (Wildman–Crippen LogP) is 3.76. The second-order valence-corrected chi connectivity index (χ2v) is 7.76. The van der Waals surface area contributed by atoms with Crippen LogP contribution in [-0.4, -0.2) is 35.7 Å². The van der Waals surface area contributed by atoms with Crippen LogP contribution in [-0.2, 0) is 20.8 Å². The zero-order valence-corrected chi connectivity index (χ0v) is 17.6. The number of amides is 3. The third kappa shape index (κ3) is 5.47. The lowest BCUT2D eigenvalue weighted by Gasteiger charge is -2.26. The molecule has 30 heavy (non-hydrogen) atoms. The lowest BCUT2D eigenvalue weighted by atomic mass is 9.89. The molecule has 1 heterocycles. The van der Waals surface area contributed by atoms with Crippen LogP contribution in [0.25, 0.3) is 0 Å². The number of hydrogen-bond donors (Lipinski definition) is 2. The topological polar surface area (TPSA) is 78.5 Å². The molecule has 3 rings (SSSR count). The van der Waals surface area contributed by atoms with E-state index in [9.17, 15) is 14.4 Å². The molecule has 1 atom stereocenters. The molecule has 6 nitrogen and oxygen atoms in total. The molecule has 0 saturated heterocycles. The van der Waals surface area contributed by atoms with Gasteiger partial charge in [0, 0.05) is 30.3 Å². The van der Waals surface area contributed by atoms with E-state index >= 15 is 0 Å². The molecule has 1 aliphatic heterocycles. The van der Waals surface area contributed by atoms with Gasteiger partial charge >= 0.3 is 0 Å². The quantitative estimate of drug-likeness (QED) is 0.699. The first-order chi connectivity index (χ1) is 14.5. The highest BCUT2D eigenvalue weighted by Crippen LogP contribution is 2.27. The molecule has 3 amide bonds. The molecule has 0 bridgehead atoms. The van der Waals surface area contributed by atoms with Gasteiger partial charge in [-0.15, -0.1) is 0 Å². The molecule has 1 aliphatic rings. The first-order valence-corrected chi connectivity index (χ1v) is 10.5. The van der Waals surface area contributed by atoms with Crippen molar-refractivity contribution in [2.24, 2.45) is 5.92 Å². The normalized spacial score (nSPS) is 15.1. The number of benzene rings is 2. The van der Waals surface area contributed by atoms with Crippen LogP contribution in [0, 0.1) is 12.8 Å². The Bertz CT molecular complexity index is 925. The molecule has 2 aromatic rings. The molecular weight excluding hydrogens is 378 g/mol. The number of rotatable bonds is 8. The zero-order chi connectivity index (χ0) is 21.5. The van der Waals surface area contributed by atoms with E-state index in [2.05, 4.69) is 10.6 Å². The van der Waals surface area contributed by atoms with E-state index < -0.39 is 0 Å². The van der Waals surface area contributed by atoms with Crippen molar-refractivity contribution >= 4 is 29.1 Å². The fraction of sp³-hybridized carbons (Fsp3) is 0.375. The molecule has 0 aliphatic carbocycles. The van der Waals surface area contributed by atoms with E-state index in [-0.39, 0.29) is 36.6 Å². The van der Waals surface area contributed by atoms with Gasteiger partial charge in [0.2, 0.25) is 17.7 Å². The Morgan fingerprint density at radius 1 is 1.13 bits per heavy atom. The van der Waals surface area contributed by atoms with Crippen LogP contribution in [0.15, 0.2) is 48.5 Å². The average Bonchev–Trinajstić information content (AvgIpc) is 2.73. The van der Waals surface area contributed by atoms with Gasteiger partial charge in [0.15, 0.2) is 0 Å². The molecule has 0 radical (unpaired) electrons. The number of fused-ring (bicyclic) bond motifs is 1. The molecular formula is C24H29N3O3. The van der Waals surface area contributed by atoms with Crippen LogP contribution in [0.2, 0.25) is 0 Å². The van der Waals surface area contributed by atoms with Crippen molar-refractivity contribution in [1.29, 1.82) is 0 Å². The molecule has 0 aromatic heterocycles. The van der Waals surface area contributed by atoms with Gasteiger partial charge < -0.3 is 15.5 Å². The summed E-state index contributed by atoms with van der Waals surface area (Å²) in [5, 5.41) is 5.81.